The molecule has 3 aromatic rings. The highest BCUT2D eigenvalue weighted by Crippen LogP contribution is 2.34. The number of amides is 3. The number of benzene rings is 3. The number of imide groups is 1. The quantitative estimate of drug-likeness (QED) is 0.301. The highest BCUT2D eigenvalue weighted by molar-refractivity contribution is 8.18. The van der Waals surface area contributed by atoms with Gasteiger partial charge in [0.15, 0.2) is 18.1 Å². The van der Waals surface area contributed by atoms with Gasteiger partial charge in [-0.3, -0.25) is 19.3 Å². The summed E-state index contributed by atoms with van der Waals surface area (Å²) in [5.41, 5.74) is 5.53. The Kier molecular flexibility index (Phi) is 9.16. The number of carbonyl (C=O) groups is 3. The molecule has 0 aromatic heterocycles. The minimum Gasteiger partial charge on any atom is -0.493 e. The summed E-state index contributed by atoms with van der Waals surface area (Å²) in [7, 11) is 1.49. The van der Waals surface area contributed by atoms with E-state index in [0.717, 1.165) is 45.5 Å². The normalized spacial score (nSPS) is 14.0. The van der Waals surface area contributed by atoms with Crippen molar-refractivity contribution in [1.29, 1.82) is 0 Å². The lowest BCUT2D eigenvalue weighted by Gasteiger charge is -2.14. The Hall–Kier alpha value is -4.24. The number of hydrogen-bond donors (Lipinski definition) is 1. The van der Waals surface area contributed by atoms with Crippen LogP contribution in [0.5, 0.6) is 17.2 Å². The Bertz CT molecular complexity index is 1480. The second kappa shape index (κ2) is 12.7. The molecule has 8 nitrogen and oxygen atoms in total. The maximum absolute atomic E-state index is 12.9. The number of hydrogen-bond acceptors (Lipinski definition) is 7. The molecule has 40 heavy (non-hydrogen) atoms. The fourth-order valence-corrected chi connectivity index (χ4v) is 4.93. The predicted molar refractivity (Wildman–Crippen MR) is 157 cm³/mol. The number of rotatable bonds is 10. The third-order valence-electron chi connectivity index (χ3n) is 6.51. The van der Waals surface area contributed by atoms with Crippen molar-refractivity contribution < 1.29 is 28.6 Å². The molecule has 0 radical (unpaired) electrons. The molecule has 1 N–H and O–H groups in total. The van der Waals surface area contributed by atoms with Crippen LogP contribution in [0.15, 0.2) is 59.5 Å². The molecule has 3 aromatic carbocycles. The van der Waals surface area contributed by atoms with Gasteiger partial charge in [-0.15, -0.1) is 0 Å². The smallest absolute Gasteiger partial charge is 0.293 e. The van der Waals surface area contributed by atoms with Gasteiger partial charge in [-0.1, -0.05) is 30.3 Å². The third-order valence-corrected chi connectivity index (χ3v) is 7.42. The van der Waals surface area contributed by atoms with E-state index in [9.17, 15) is 14.4 Å². The first-order valence-electron chi connectivity index (χ1n) is 12.8. The highest BCUT2D eigenvalue weighted by atomic mass is 32.2. The van der Waals surface area contributed by atoms with Crippen LogP contribution in [0.4, 0.5) is 10.5 Å². The van der Waals surface area contributed by atoms with Crippen LogP contribution < -0.4 is 19.5 Å². The van der Waals surface area contributed by atoms with Crippen LogP contribution in [-0.4, -0.2) is 48.8 Å². The lowest BCUT2D eigenvalue weighted by atomic mass is 10.1. The third kappa shape index (κ3) is 6.84. The maximum Gasteiger partial charge on any atom is 0.293 e. The zero-order valence-corrected chi connectivity index (χ0v) is 24.0. The number of anilines is 1. The van der Waals surface area contributed by atoms with E-state index in [1.54, 1.807) is 24.3 Å². The van der Waals surface area contributed by atoms with Crippen LogP contribution in [0.1, 0.15) is 27.8 Å². The molecule has 0 saturated carbocycles. The molecule has 1 saturated heterocycles. The van der Waals surface area contributed by atoms with Crippen LogP contribution in [0.3, 0.4) is 0 Å². The van der Waals surface area contributed by atoms with Crippen molar-refractivity contribution in [2.45, 2.75) is 27.7 Å². The van der Waals surface area contributed by atoms with E-state index in [-0.39, 0.29) is 36.8 Å². The molecule has 208 valence electrons. The van der Waals surface area contributed by atoms with Crippen LogP contribution in [-0.2, 0) is 9.59 Å². The second-order valence-corrected chi connectivity index (χ2v) is 10.4. The molecule has 1 aliphatic rings. The lowest BCUT2D eigenvalue weighted by molar-refractivity contribution is -0.123. The summed E-state index contributed by atoms with van der Waals surface area (Å²) in [5.74, 6) is 0.846. The van der Waals surface area contributed by atoms with Crippen molar-refractivity contribution in [3.63, 3.8) is 0 Å². The standard InChI is InChI=1S/C31H32N2O6S/c1-19-9-10-21(3)26(15-19)38-14-13-33-30(35)28(40-31(33)36)17-23-11-12-25(27(16-23)37-5)39-18-29(34)32-24-8-6-7-20(2)22(24)4/h6-12,15-17H,13-14,18H2,1-5H3,(H,32,34)/b28-17-. The molecule has 1 aliphatic heterocycles. The predicted octanol–water partition coefficient (Wildman–Crippen LogP) is 6.06. The van der Waals surface area contributed by atoms with Crippen molar-refractivity contribution >= 4 is 40.6 Å². The van der Waals surface area contributed by atoms with Gasteiger partial charge in [0, 0.05) is 5.69 Å². The second-order valence-electron chi connectivity index (χ2n) is 9.45. The van der Waals surface area contributed by atoms with Crippen molar-refractivity contribution in [2.75, 3.05) is 32.2 Å². The Labute approximate surface area is 238 Å². The van der Waals surface area contributed by atoms with E-state index in [2.05, 4.69) is 5.32 Å². The highest BCUT2D eigenvalue weighted by Gasteiger charge is 2.34. The summed E-state index contributed by atoms with van der Waals surface area (Å²) >= 11 is 0.881. The van der Waals surface area contributed by atoms with Crippen LogP contribution in [0.2, 0.25) is 0 Å². The Morgan fingerprint density at radius 3 is 2.50 bits per heavy atom. The zero-order valence-electron chi connectivity index (χ0n) is 23.2. The molecule has 0 bridgehead atoms. The van der Waals surface area contributed by atoms with Crippen molar-refractivity contribution in [3.8, 4) is 17.2 Å². The van der Waals surface area contributed by atoms with E-state index >= 15 is 0 Å². The first-order chi connectivity index (χ1) is 19.2. The van der Waals surface area contributed by atoms with Gasteiger partial charge in [0.05, 0.1) is 18.6 Å². The van der Waals surface area contributed by atoms with Crippen molar-refractivity contribution in [1.82, 2.24) is 4.90 Å². The van der Waals surface area contributed by atoms with E-state index in [4.69, 9.17) is 14.2 Å². The topological polar surface area (TPSA) is 94.2 Å². The molecule has 1 heterocycles. The molecule has 0 unspecified atom stereocenters. The SMILES string of the molecule is COc1cc(/C=C2\SC(=O)N(CCOc3cc(C)ccc3C)C2=O)ccc1OCC(=O)Nc1cccc(C)c1C. The van der Waals surface area contributed by atoms with Gasteiger partial charge in [0.2, 0.25) is 0 Å². The number of ether oxygens (including phenoxy) is 3. The van der Waals surface area contributed by atoms with Gasteiger partial charge in [-0.05, 0) is 97.6 Å². The molecular formula is C31H32N2O6S. The van der Waals surface area contributed by atoms with Gasteiger partial charge in [0.25, 0.3) is 17.1 Å². The summed E-state index contributed by atoms with van der Waals surface area (Å²) in [6, 6.07) is 16.7. The number of nitrogens with zero attached hydrogens (tertiary/aromatic N) is 1. The van der Waals surface area contributed by atoms with Gasteiger partial charge in [-0.25, -0.2) is 0 Å². The summed E-state index contributed by atoms with van der Waals surface area (Å²) in [6.45, 7) is 8.00. The van der Waals surface area contributed by atoms with E-state index in [1.807, 2.05) is 64.1 Å². The Morgan fingerprint density at radius 2 is 1.73 bits per heavy atom. The summed E-state index contributed by atoms with van der Waals surface area (Å²) in [6.07, 6.45) is 1.63. The van der Waals surface area contributed by atoms with Gasteiger partial charge < -0.3 is 19.5 Å². The molecule has 9 heteroatoms. The van der Waals surface area contributed by atoms with E-state index < -0.39 is 0 Å². The first-order valence-corrected chi connectivity index (χ1v) is 13.6. The monoisotopic (exact) mass is 560 g/mol. The maximum atomic E-state index is 12.9. The number of nitrogens with one attached hydrogen (secondary N) is 1. The molecule has 0 spiro atoms. The number of aryl methyl sites for hydroxylation is 3. The van der Waals surface area contributed by atoms with Gasteiger partial charge >= 0.3 is 0 Å². The number of carbonyl (C=O) groups excluding carboxylic acids is 3. The summed E-state index contributed by atoms with van der Waals surface area (Å²) in [4.78, 5) is 39.4. The lowest BCUT2D eigenvalue weighted by Crippen LogP contribution is -2.32. The van der Waals surface area contributed by atoms with Gasteiger partial charge in [-0.2, -0.15) is 0 Å². The van der Waals surface area contributed by atoms with Crippen LogP contribution >= 0.6 is 11.8 Å². The molecule has 4 rings (SSSR count). The van der Waals surface area contributed by atoms with Crippen LogP contribution in [0, 0.1) is 27.7 Å². The molecule has 0 atom stereocenters. The Balaban J connectivity index is 1.36. The Morgan fingerprint density at radius 1 is 0.925 bits per heavy atom. The first kappa shape index (κ1) is 28.8. The zero-order chi connectivity index (χ0) is 28.8. The number of methoxy groups -OCH3 is 1. The van der Waals surface area contributed by atoms with Crippen molar-refractivity contribution in [3.05, 3.63) is 87.3 Å². The average Bonchev–Trinajstić information content (AvgIpc) is 3.19. The molecule has 0 aliphatic carbocycles. The summed E-state index contributed by atoms with van der Waals surface area (Å²) in [5, 5.41) is 2.52. The number of thioether (sulfide) groups is 1. The van der Waals surface area contributed by atoms with Gasteiger partial charge in [0.1, 0.15) is 12.4 Å². The van der Waals surface area contributed by atoms with E-state index in [0.29, 0.717) is 22.0 Å². The fourth-order valence-electron chi connectivity index (χ4n) is 4.06. The van der Waals surface area contributed by atoms with Crippen LogP contribution in [0.25, 0.3) is 6.08 Å². The largest absolute Gasteiger partial charge is 0.493 e. The molecular weight excluding hydrogens is 528 g/mol. The molecule has 3 amide bonds. The minimum absolute atomic E-state index is 0.148. The minimum atomic E-state index is -0.373. The van der Waals surface area contributed by atoms with E-state index in [1.165, 1.54) is 12.0 Å². The fraction of sp³-hybridized carbons (Fsp3) is 0.258. The molecule has 1 fully saturated rings. The summed E-state index contributed by atoms with van der Waals surface area (Å²) < 4.78 is 17.0. The average molecular weight is 561 g/mol. The van der Waals surface area contributed by atoms with Crippen molar-refractivity contribution in [2.24, 2.45) is 0 Å².